The Balaban J connectivity index is 1.98. The highest BCUT2D eigenvalue weighted by Crippen LogP contribution is 2.52. The molecule has 0 amide bonds. The number of hydrogen-bond donors (Lipinski definition) is 2. The van der Waals surface area contributed by atoms with Crippen LogP contribution in [0.2, 0.25) is 0 Å². The van der Waals surface area contributed by atoms with Crippen LogP contribution >= 0.6 is 11.3 Å². The zero-order valence-corrected chi connectivity index (χ0v) is 16.6. The summed E-state index contributed by atoms with van der Waals surface area (Å²) in [5.74, 6) is -0.0156. The molecule has 148 valence electrons. The van der Waals surface area contributed by atoms with Gasteiger partial charge in [0.15, 0.2) is 0 Å². The van der Waals surface area contributed by atoms with Crippen LogP contribution in [0.25, 0.3) is 32.3 Å². The number of hydrogen-bond acceptors (Lipinski definition) is 3. The van der Waals surface area contributed by atoms with Gasteiger partial charge in [0.25, 0.3) is 0 Å². The van der Waals surface area contributed by atoms with Gasteiger partial charge in [-0.3, -0.25) is 0 Å². The molecule has 2 nitrogen and oxygen atoms in total. The molecule has 0 aliphatic rings. The predicted molar refractivity (Wildman–Crippen MR) is 114 cm³/mol. The lowest BCUT2D eigenvalue weighted by atomic mass is 9.96. The third kappa shape index (κ3) is 3.34. The van der Waals surface area contributed by atoms with Gasteiger partial charge < -0.3 is 10.4 Å². The molecule has 0 atom stereocenters. The summed E-state index contributed by atoms with van der Waals surface area (Å²) < 4.78 is 39.6. The number of benzene rings is 3. The van der Waals surface area contributed by atoms with E-state index in [0.29, 0.717) is 21.0 Å². The number of rotatable bonds is 3. The van der Waals surface area contributed by atoms with Crippen LogP contribution in [0.15, 0.2) is 60.7 Å². The van der Waals surface area contributed by atoms with Crippen molar-refractivity contribution in [1.29, 1.82) is 0 Å². The summed E-state index contributed by atoms with van der Waals surface area (Å²) in [6.07, 6.45) is -4.45. The fourth-order valence-electron chi connectivity index (χ4n) is 3.57. The van der Waals surface area contributed by atoms with Crippen LogP contribution in [0, 0.1) is 6.92 Å². The van der Waals surface area contributed by atoms with Gasteiger partial charge in [0.1, 0.15) is 10.8 Å². The number of aromatic hydroxyl groups is 1. The van der Waals surface area contributed by atoms with Crippen molar-refractivity contribution in [3.63, 3.8) is 0 Å². The minimum atomic E-state index is -4.45. The first kappa shape index (κ1) is 19.3. The van der Waals surface area contributed by atoms with Crippen molar-refractivity contribution in [2.45, 2.75) is 13.1 Å². The van der Waals surface area contributed by atoms with E-state index in [0.717, 1.165) is 34.0 Å². The minimum absolute atomic E-state index is 0.0156. The van der Waals surface area contributed by atoms with Crippen LogP contribution in [0.1, 0.15) is 11.1 Å². The largest absolute Gasteiger partial charge is 0.506 e. The topological polar surface area (TPSA) is 32.3 Å². The molecule has 0 fully saturated rings. The van der Waals surface area contributed by atoms with E-state index >= 15 is 0 Å². The quantitative estimate of drug-likeness (QED) is 0.369. The van der Waals surface area contributed by atoms with Crippen molar-refractivity contribution >= 4 is 27.1 Å². The number of alkyl halides is 3. The Morgan fingerprint density at radius 3 is 2.41 bits per heavy atom. The highest BCUT2D eigenvalue weighted by molar-refractivity contribution is 7.20. The zero-order chi connectivity index (χ0) is 20.8. The van der Waals surface area contributed by atoms with E-state index in [4.69, 9.17) is 0 Å². The van der Waals surface area contributed by atoms with Crippen LogP contribution in [0.3, 0.4) is 0 Å². The molecule has 0 aliphatic heterocycles. The lowest BCUT2D eigenvalue weighted by molar-refractivity contribution is -0.137. The van der Waals surface area contributed by atoms with Gasteiger partial charge in [-0.05, 0) is 41.0 Å². The van der Waals surface area contributed by atoms with E-state index < -0.39 is 11.7 Å². The van der Waals surface area contributed by atoms with Crippen molar-refractivity contribution in [2.75, 3.05) is 12.4 Å². The van der Waals surface area contributed by atoms with Crippen LogP contribution in [-0.4, -0.2) is 12.2 Å². The van der Waals surface area contributed by atoms with Gasteiger partial charge in [-0.25, -0.2) is 0 Å². The first-order valence-corrected chi connectivity index (χ1v) is 9.82. The van der Waals surface area contributed by atoms with Gasteiger partial charge in [-0.2, -0.15) is 13.2 Å². The molecular weight excluding hydrogens is 395 g/mol. The minimum Gasteiger partial charge on any atom is -0.506 e. The molecule has 2 N–H and O–H groups in total. The van der Waals surface area contributed by atoms with E-state index in [1.54, 1.807) is 13.1 Å². The maximum absolute atomic E-state index is 13.2. The van der Waals surface area contributed by atoms with Crippen molar-refractivity contribution in [3.05, 3.63) is 71.8 Å². The monoisotopic (exact) mass is 413 g/mol. The average Bonchev–Trinajstić information content (AvgIpc) is 3.03. The number of thiophene rings is 1. The SMILES string of the molecule is CNc1sc(-c2c(C)ccc3ccccc23)c(O)c1-c1cccc(C(F)(F)F)c1. The molecule has 4 rings (SSSR count). The fourth-order valence-corrected chi connectivity index (χ4v) is 4.76. The maximum Gasteiger partial charge on any atom is 0.416 e. The van der Waals surface area contributed by atoms with Crippen LogP contribution < -0.4 is 5.32 Å². The first-order chi connectivity index (χ1) is 13.8. The van der Waals surface area contributed by atoms with Gasteiger partial charge in [-0.15, -0.1) is 11.3 Å². The van der Waals surface area contributed by atoms with Crippen molar-refractivity contribution in [3.8, 4) is 27.3 Å². The molecule has 29 heavy (non-hydrogen) atoms. The lowest BCUT2D eigenvalue weighted by Gasteiger charge is -2.11. The molecule has 1 heterocycles. The Morgan fingerprint density at radius 2 is 1.69 bits per heavy atom. The Kier molecular flexibility index (Phi) is 4.74. The van der Waals surface area contributed by atoms with E-state index in [2.05, 4.69) is 5.32 Å². The second-order valence-electron chi connectivity index (χ2n) is 6.79. The highest BCUT2D eigenvalue weighted by Gasteiger charge is 2.31. The predicted octanol–water partition coefficient (Wildman–Crippen LogP) is 7.31. The van der Waals surface area contributed by atoms with Crippen LogP contribution in [0.4, 0.5) is 18.2 Å². The molecule has 3 aromatic carbocycles. The second-order valence-corrected chi connectivity index (χ2v) is 7.81. The summed E-state index contributed by atoms with van der Waals surface area (Å²) in [7, 11) is 1.70. The fraction of sp³-hybridized carbons (Fsp3) is 0.130. The molecule has 6 heteroatoms. The third-order valence-electron chi connectivity index (χ3n) is 4.95. The van der Waals surface area contributed by atoms with Gasteiger partial charge >= 0.3 is 6.18 Å². The van der Waals surface area contributed by atoms with Gasteiger partial charge in [0.05, 0.1) is 16.0 Å². The lowest BCUT2D eigenvalue weighted by Crippen LogP contribution is -2.04. The first-order valence-electron chi connectivity index (χ1n) is 9.01. The molecule has 0 bridgehead atoms. The highest BCUT2D eigenvalue weighted by atomic mass is 32.1. The van der Waals surface area contributed by atoms with E-state index in [-0.39, 0.29) is 5.75 Å². The Hall–Kier alpha value is -2.99. The normalized spacial score (nSPS) is 11.8. The zero-order valence-electron chi connectivity index (χ0n) is 15.8. The Bertz CT molecular complexity index is 1210. The molecule has 0 saturated carbocycles. The summed E-state index contributed by atoms with van der Waals surface area (Å²) in [6.45, 7) is 1.96. The van der Waals surface area contributed by atoms with E-state index in [1.165, 1.54) is 17.4 Å². The summed E-state index contributed by atoms with van der Waals surface area (Å²) in [6, 6.07) is 16.9. The standard InChI is InChI=1S/C23H18F3NOS/c1-13-10-11-14-6-3-4-9-17(14)18(13)21-20(28)19(22(27-2)29-21)15-7-5-8-16(12-15)23(24,25)26/h3-12,27-28H,1-2H3. The average molecular weight is 413 g/mol. The third-order valence-corrected chi connectivity index (χ3v) is 6.17. The molecule has 0 spiro atoms. The number of nitrogens with one attached hydrogen (secondary N) is 1. The molecular formula is C23H18F3NOS. The molecule has 0 aliphatic carbocycles. The Labute approximate surface area is 170 Å². The number of halogens is 3. The molecule has 0 saturated heterocycles. The van der Waals surface area contributed by atoms with Crippen molar-refractivity contribution < 1.29 is 18.3 Å². The van der Waals surface area contributed by atoms with E-state index in [9.17, 15) is 18.3 Å². The number of fused-ring (bicyclic) bond motifs is 1. The summed E-state index contributed by atoms with van der Waals surface area (Å²) in [4.78, 5) is 0.635. The summed E-state index contributed by atoms with van der Waals surface area (Å²) >= 11 is 1.33. The van der Waals surface area contributed by atoms with Gasteiger partial charge in [0.2, 0.25) is 0 Å². The second kappa shape index (κ2) is 7.12. The maximum atomic E-state index is 13.2. The molecule has 0 unspecified atom stereocenters. The Morgan fingerprint density at radius 1 is 0.931 bits per heavy atom. The van der Waals surface area contributed by atoms with Gasteiger partial charge in [-0.1, -0.05) is 48.5 Å². The number of anilines is 1. The number of aryl methyl sites for hydroxylation is 1. The van der Waals surface area contributed by atoms with Crippen LogP contribution in [0.5, 0.6) is 5.75 Å². The smallest absolute Gasteiger partial charge is 0.416 e. The van der Waals surface area contributed by atoms with Crippen molar-refractivity contribution in [1.82, 2.24) is 0 Å². The molecule has 4 aromatic rings. The van der Waals surface area contributed by atoms with E-state index in [1.807, 2.05) is 43.3 Å². The van der Waals surface area contributed by atoms with Crippen LogP contribution in [-0.2, 0) is 6.18 Å². The van der Waals surface area contributed by atoms with Crippen molar-refractivity contribution in [2.24, 2.45) is 0 Å². The molecule has 1 aromatic heterocycles. The molecule has 0 radical (unpaired) electrons. The summed E-state index contributed by atoms with van der Waals surface area (Å²) in [5, 5.41) is 16.8. The summed E-state index contributed by atoms with van der Waals surface area (Å²) in [5.41, 5.74) is 1.83. The van der Waals surface area contributed by atoms with Gasteiger partial charge in [0, 0.05) is 12.6 Å².